The van der Waals surface area contributed by atoms with Crippen molar-refractivity contribution in [2.45, 2.75) is 6.42 Å². The summed E-state index contributed by atoms with van der Waals surface area (Å²) in [6.45, 7) is 4.54. The maximum Gasteiger partial charge on any atom is -0.412 e. The SMILES string of the molecule is COCC[NH][Sb][N]1CCC1.O.O. The van der Waals surface area contributed by atoms with Gasteiger partial charge in [-0.1, -0.05) is 0 Å². The summed E-state index contributed by atoms with van der Waals surface area (Å²) in [7, 11) is 1.74. The summed E-state index contributed by atoms with van der Waals surface area (Å²) >= 11 is -0.185. The summed E-state index contributed by atoms with van der Waals surface area (Å²) in [5.74, 6) is 0. The summed E-state index contributed by atoms with van der Waals surface area (Å²) < 4.78 is 10.9. The molecule has 6 heteroatoms. The van der Waals surface area contributed by atoms with Crippen molar-refractivity contribution in [3.05, 3.63) is 0 Å². The fourth-order valence-corrected chi connectivity index (χ4v) is 3.19. The van der Waals surface area contributed by atoms with E-state index in [0.717, 1.165) is 13.2 Å². The number of hydrogen-bond donors (Lipinski definition) is 1. The van der Waals surface area contributed by atoms with Gasteiger partial charge in [0.15, 0.2) is 0 Å². The van der Waals surface area contributed by atoms with E-state index in [1.807, 2.05) is 0 Å². The largest absolute Gasteiger partial charge is 0.412 e. The van der Waals surface area contributed by atoms with Gasteiger partial charge in [0.2, 0.25) is 0 Å². The van der Waals surface area contributed by atoms with Crippen molar-refractivity contribution < 1.29 is 15.7 Å². The number of ether oxygens (including phenoxy) is 1. The van der Waals surface area contributed by atoms with Crippen molar-refractivity contribution in [3.63, 3.8) is 0 Å². The molecule has 0 saturated carbocycles. The zero-order chi connectivity index (χ0) is 7.23. The van der Waals surface area contributed by atoms with Crippen LogP contribution in [0.15, 0.2) is 0 Å². The van der Waals surface area contributed by atoms with Crippen molar-refractivity contribution in [1.29, 1.82) is 0 Å². The Hall–Kier alpha value is 0.618. The van der Waals surface area contributed by atoms with E-state index in [2.05, 4.69) is 6.53 Å². The van der Waals surface area contributed by atoms with Crippen molar-refractivity contribution in [2.24, 2.45) is 0 Å². The van der Waals surface area contributed by atoms with E-state index < -0.39 is 0 Å². The van der Waals surface area contributed by atoms with Crippen molar-refractivity contribution >= 4 is 22.2 Å². The topological polar surface area (TPSA) is 87.5 Å². The van der Waals surface area contributed by atoms with E-state index in [-0.39, 0.29) is 33.1 Å². The minimum atomic E-state index is -0.185. The van der Waals surface area contributed by atoms with Gasteiger partial charge in [-0.15, -0.1) is 0 Å². The maximum absolute atomic E-state index is 4.92. The van der Waals surface area contributed by atoms with Gasteiger partial charge in [-0.3, -0.25) is 0 Å². The van der Waals surface area contributed by atoms with Crippen LogP contribution >= 0.6 is 0 Å². The molecule has 0 atom stereocenters. The average molecular weight is 288 g/mol. The van der Waals surface area contributed by atoms with E-state index in [0.29, 0.717) is 0 Å². The minimum absolute atomic E-state index is 0. The molecule has 0 bridgehead atoms. The van der Waals surface area contributed by atoms with Crippen LogP contribution in [0.1, 0.15) is 6.42 Å². The van der Waals surface area contributed by atoms with Crippen LogP contribution in [-0.4, -0.2) is 69.5 Å². The smallest absolute Gasteiger partial charge is 0.412 e. The van der Waals surface area contributed by atoms with Gasteiger partial charge in [0.1, 0.15) is 0 Å². The molecule has 0 aromatic carbocycles. The summed E-state index contributed by atoms with van der Waals surface area (Å²) in [5.41, 5.74) is 0. The molecule has 1 radical (unpaired) electrons. The van der Waals surface area contributed by atoms with E-state index in [9.17, 15) is 0 Å². The van der Waals surface area contributed by atoms with E-state index in [1.165, 1.54) is 19.5 Å². The number of rotatable bonds is 5. The Morgan fingerprint density at radius 3 is 2.50 bits per heavy atom. The Morgan fingerprint density at radius 2 is 2.08 bits per heavy atom. The third kappa shape index (κ3) is 6.17. The van der Waals surface area contributed by atoms with Gasteiger partial charge in [0.25, 0.3) is 0 Å². The quantitative estimate of drug-likeness (QED) is 0.460. The number of nitrogens with zero attached hydrogens (tertiary/aromatic N) is 1. The second-order valence-electron chi connectivity index (χ2n) is 2.31. The molecule has 75 valence electrons. The first-order valence-electron chi connectivity index (χ1n) is 3.61. The predicted octanol–water partition coefficient (Wildman–Crippen LogP) is -2.19. The average Bonchev–Trinajstić information content (AvgIpc) is 1.84. The fraction of sp³-hybridized carbons (Fsp3) is 1.00. The first kappa shape index (κ1) is 15.1. The van der Waals surface area contributed by atoms with Gasteiger partial charge in [0, 0.05) is 0 Å². The molecule has 12 heavy (non-hydrogen) atoms. The van der Waals surface area contributed by atoms with Gasteiger partial charge in [-0.25, -0.2) is 0 Å². The van der Waals surface area contributed by atoms with E-state index in [1.54, 1.807) is 7.11 Å². The number of hydrogen-bond acceptors (Lipinski definition) is 3. The van der Waals surface area contributed by atoms with Crippen LogP contribution in [0.5, 0.6) is 0 Å². The molecule has 0 unspecified atom stereocenters. The zero-order valence-corrected chi connectivity index (χ0v) is 9.89. The molecule has 0 amide bonds. The van der Waals surface area contributed by atoms with Crippen LogP contribution in [0.3, 0.4) is 0 Å². The summed E-state index contributed by atoms with van der Waals surface area (Å²) in [5, 5.41) is 0. The molecule has 5 nitrogen and oxygen atoms in total. The Morgan fingerprint density at radius 1 is 1.42 bits per heavy atom. The molecule has 1 rings (SSSR count). The van der Waals surface area contributed by atoms with Gasteiger partial charge in [-0.05, 0) is 0 Å². The molecular formula is C6H18N2O3Sb. The maximum atomic E-state index is 4.92. The Kier molecular flexibility index (Phi) is 12.2. The van der Waals surface area contributed by atoms with Gasteiger partial charge < -0.3 is 11.0 Å². The molecule has 0 aliphatic carbocycles. The van der Waals surface area contributed by atoms with Crippen LogP contribution in [0, 0.1) is 0 Å². The summed E-state index contributed by atoms with van der Waals surface area (Å²) in [4.78, 5) is 0. The first-order valence-corrected chi connectivity index (χ1v) is 6.02. The third-order valence-electron chi connectivity index (χ3n) is 1.46. The third-order valence-corrected chi connectivity index (χ3v) is 4.45. The summed E-state index contributed by atoms with van der Waals surface area (Å²) in [6.07, 6.45) is 1.40. The number of nitrogens with one attached hydrogen (secondary N) is 1. The standard InChI is InChI=1S/C3H8NO.C3H6N.2H2O.Sb/c1-5-3-2-4;1-2-4-3-1;;;/h4H,2-3H2,1H3;1-3H2;2*1H2;/q2*-1;;;+2. The first-order chi connectivity index (χ1) is 4.93. The van der Waals surface area contributed by atoms with Crippen molar-refractivity contribution in [3.8, 4) is 0 Å². The van der Waals surface area contributed by atoms with Gasteiger partial charge >= 0.3 is 73.2 Å². The molecule has 0 spiro atoms. The molecule has 1 fully saturated rings. The van der Waals surface area contributed by atoms with E-state index >= 15 is 0 Å². The van der Waals surface area contributed by atoms with Crippen LogP contribution < -0.4 is 3.48 Å². The molecule has 5 N–H and O–H groups in total. The van der Waals surface area contributed by atoms with Crippen LogP contribution in [0.2, 0.25) is 0 Å². The molecule has 0 aromatic heterocycles. The molecule has 1 aliphatic rings. The number of methoxy groups -OCH3 is 1. The van der Waals surface area contributed by atoms with Gasteiger partial charge in [0.05, 0.1) is 0 Å². The Bertz CT molecular complexity index is 92.9. The van der Waals surface area contributed by atoms with Gasteiger partial charge in [-0.2, -0.15) is 0 Å². The second kappa shape index (κ2) is 9.70. The van der Waals surface area contributed by atoms with Crippen molar-refractivity contribution in [2.75, 3.05) is 33.4 Å². The Labute approximate surface area is 84.3 Å². The predicted molar refractivity (Wildman–Crippen MR) is 49.1 cm³/mol. The normalized spacial score (nSPS) is 15.8. The molecule has 0 aromatic rings. The van der Waals surface area contributed by atoms with Crippen molar-refractivity contribution in [1.82, 2.24) is 6.53 Å². The second-order valence-corrected chi connectivity index (χ2v) is 5.40. The zero-order valence-electron chi connectivity index (χ0n) is 7.34. The van der Waals surface area contributed by atoms with E-state index in [4.69, 9.17) is 4.74 Å². The fourth-order valence-electron chi connectivity index (χ4n) is 0.697. The molecule has 1 aliphatic heterocycles. The molecule has 1 heterocycles. The molecular weight excluding hydrogens is 270 g/mol. The molecule has 1 saturated heterocycles. The minimum Gasteiger partial charge on any atom is -0.412 e. The summed E-state index contributed by atoms with van der Waals surface area (Å²) in [6, 6.07) is 0. The van der Waals surface area contributed by atoms with Crippen LogP contribution in [-0.2, 0) is 4.74 Å². The monoisotopic (exact) mass is 287 g/mol. The Balaban J connectivity index is 0. The van der Waals surface area contributed by atoms with Crippen LogP contribution in [0.25, 0.3) is 0 Å². The van der Waals surface area contributed by atoms with Crippen LogP contribution in [0.4, 0.5) is 0 Å².